The van der Waals surface area contributed by atoms with Gasteiger partial charge in [-0.1, -0.05) is 13.8 Å². The van der Waals surface area contributed by atoms with E-state index >= 15 is 0 Å². The van der Waals surface area contributed by atoms with Crippen LogP contribution in [-0.2, 0) is 22.8 Å². The first-order valence-corrected chi connectivity index (χ1v) is 7.56. The second-order valence-electron chi connectivity index (χ2n) is 3.94. The lowest BCUT2D eigenvalue weighted by Gasteiger charge is -2.45. The minimum absolute atomic E-state index is 0.101. The summed E-state index contributed by atoms with van der Waals surface area (Å²) in [5.74, 6) is -0.648. The van der Waals surface area contributed by atoms with Crippen LogP contribution < -0.4 is 0 Å². The van der Waals surface area contributed by atoms with E-state index in [2.05, 4.69) is 0 Å². The number of ether oxygens (including phenoxy) is 2. The van der Waals surface area contributed by atoms with Gasteiger partial charge in [0.2, 0.25) is 0 Å². The largest absolute Gasteiger partial charge is 0.500 e. The second kappa shape index (κ2) is 5.57. The zero-order valence-corrected chi connectivity index (χ0v) is 11.7. The molecule has 16 heavy (non-hydrogen) atoms. The summed E-state index contributed by atoms with van der Waals surface area (Å²) in [5.41, 5.74) is 0. The molecular formula is C10H22O5Si. The SMILES string of the molecule is CCC1OC(C)(CO[Si](CC)(OC)OC)O1. The van der Waals surface area contributed by atoms with Crippen molar-refractivity contribution >= 4 is 8.80 Å². The summed E-state index contributed by atoms with van der Waals surface area (Å²) in [6.07, 6.45) is 0.747. The summed E-state index contributed by atoms with van der Waals surface area (Å²) in [7, 11) is 0.718. The summed E-state index contributed by atoms with van der Waals surface area (Å²) >= 11 is 0. The third-order valence-corrected chi connectivity index (χ3v) is 5.40. The Morgan fingerprint density at radius 3 is 2.12 bits per heavy atom. The highest BCUT2D eigenvalue weighted by Crippen LogP contribution is 2.31. The van der Waals surface area contributed by atoms with Gasteiger partial charge in [-0.15, -0.1) is 0 Å². The maximum absolute atomic E-state index is 5.72. The molecule has 0 amide bonds. The van der Waals surface area contributed by atoms with Crippen LogP contribution in [0.2, 0.25) is 6.04 Å². The van der Waals surface area contributed by atoms with Crippen molar-refractivity contribution in [1.29, 1.82) is 0 Å². The van der Waals surface area contributed by atoms with Gasteiger partial charge in [0.25, 0.3) is 0 Å². The minimum Gasteiger partial charge on any atom is -0.377 e. The van der Waals surface area contributed by atoms with Gasteiger partial charge in [-0.3, -0.25) is 0 Å². The predicted molar refractivity (Wildman–Crippen MR) is 60.9 cm³/mol. The van der Waals surface area contributed by atoms with Gasteiger partial charge in [0.15, 0.2) is 12.1 Å². The Morgan fingerprint density at radius 1 is 1.19 bits per heavy atom. The Balaban J connectivity index is 2.39. The third kappa shape index (κ3) is 3.03. The van der Waals surface area contributed by atoms with Crippen LogP contribution in [0.4, 0.5) is 0 Å². The fraction of sp³-hybridized carbons (Fsp3) is 1.00. The van der Waals surface area contributed by atoms with Crippen LogP contribution in [0.5, 0.6) is 0 Å². The van der Waals surface area contributed by atoms with Crippen LogP contribution in [0.15, 0.2) is 0 Å². The second-order valence-corrected chi connectivity index (χ2v) is 7.12. The molecule has 0 bridgehead atoms. The molecule has 0 aromatic rings. The van der Waals surface area contributed by atoms with E-state index in [4.69, 9.17) is 22.8 Å². The van der Waals surface area contributed by atoms with Crippen LogP contribution in [0.3, 0.4) is 0 Å². The molecule has 0 aliphatic carbocycles. The fourth-order valence-corrected chi connectivity index (χ4v) is 3.30. The Morgan fingerprint density at radius 2 is 1.75 bits per heavy atom. The van der Waals surface area contributed by atoms with Crippen molar-refractivity contribution in [3.05, 3.63) is 0 Å². The molecule has 1 rings (SSSR count). The first kappa shape index (κ1) is 14.1. The molecule has 0 spiro atoms. The van der Waals surface area contributed by atoms with Crippen molar-refractivity contribution in [2.75, 3.05) is 20.8 Å². The Bertz CT molecular complexity index is 205. The molecule has 0 aromatic heterocycles. The van der Waals surface area contributed by atoms with Crippen molar-refractivity contribution < 1.29 is 22.8 Å². The van der Waals surface area contributed by atoms with E-state index in [0.717, 1.165) is 12.5 Å². The normalized spacial score (nSPS) is 30.2. The molecule has 0 unspecified atom stereocenters. The fourth-order valence-electron chi connectivity index (χ4n) is 1.63. The quantitative estimate of drug-likeness (QED) is 0.644. The van der Waals surface area contributed by atoms with Gasteiger partial charge in [-0.25, -0.2) is 0 Å². The number of rotatable bonds is 7. The molecule has 1 fully saturated rings. The average molecular weight is 250 g/mol. The van der Waals surface area contributed by atoms with E-state index in [0.29, 0.717) is 6.61 Å². The van der Waals surface area contributed by atoms with Gasteiger partial charge in [-0.05, 0) is 13.3 Å². The van der Waals surface area contributed by atoms with Gasteiger partial charge in [0.05, 0.1) is 6.61 Å². The van der Waals surface area contributed by atoms with Crippen molar-refractivity contribution in [2.24, 2.45) is 0 Å². The Labute approximate surface area is 98.3 Å². The standard InChI is InChI=1S/C10H22O5Si/c1-6-9-14-10(3,15-9)8-13-16(7-2,11-4)12-5/h9H,6-8H2,1-5H3. The van der Waals surface area contributed by atoms with Crippen LogP contribution in [0.1, 0.15) is 27.2 Å². The van der Waals surface area contributed by atoms with Gasteiger partial charge >= 0.3 is 8.80 Å². The monoisotopic (exact) mass is 250 g/mol. The van der Waals surface area contributed by atoms with E-state index in [1.807, 2.05) is 20.8 Å². The Hall–Kier alpha value is 0.0169. The lowest BCUT2D eigenvalue weighted by Crippen LogP contribution is -2.57. The van der Waals surface area contributed by atoms with E-state index in [9.17, 15) is 0 Å². The van der Waals surface area contributed by atoms with Gasteiger partial charge < -0.3 is 22.8 Å². The van der Waals surface area contributed by atoms with Gasteiger partial charge in [0, 0.05) is 20.3 Å². The molecule has 0 atom stereocenters. The van der Waals surface area contributed by atoms with Crippen molar-refractivity contribution in [3.8, 4) is 0 Å². The number of hydrogen-bond donors (Lipinski definition) is 0. The first-order chi connectivity index (χ1) is 7.53. The Kier molecular flexibility index (Phi) is 4.90. The summed E-state index contributed by atoms with van der Waals surface area (Å²) in [5, 5.41) is 0. The van der Waals surface area contributed by atoms with Crippen molar-refractivity contribution in [1.82, 2.24) is 0 Å². The van der Waals surface area contributed by atoms with Crippen LogP contribution in [-0.4, -0.2) is 41.7 Å². The zero-order chi connectivity index (χ0) is 12.2. The molecule has 0 radical (unpaired) electrons. The molecule has 5 nitrogen and oxygen atoms in total. The summed E-state index contributed by atoms with van der Waals surface area (Å²) in [6, 6.07) is 0.729. The molecule has 1 aliphatic heterocycles. The first-order valence-electron chi connectivity index (χ1n) is 5.63. The molecule has 0 N–H and O–H groups in total. The van der Waals surface area contributed by atoms with E-state index in [1.165, 1.54) is 0 Å². The third-order valence-electron chi connectivity index (χ3n) is 2.70. The highest BCUT2D eigenvalue weighted by atomic mass is 28.4. The van der Waals surface area contributed by atoms with Crippen LogP contribution in [0, 0.1) is 0 Å². The summed E-state index contributed by atoms with van der Waals surface area (Å²) in [4.78, 5) is 0. The minimum atomic E-state index is -2.50. The average Bonchev–Trinajstić information content (AvgIpc) is 2.28. The molecular weight excluding hydrogens is 228 g/mol. The lowest BCUT2D eigenvalue weighted by molar-refractivity contribution is -0.450. The van der Waals surface area contributed by atoms with E-state index in [-0.39, 0.29) is 6.29 Å². The molecule has 1 saturated heterocycles. The topological polar surface area (TPSA) is 46.2 Å². The van der Waals surface area contributed by atoms with Crippen molar-refractivity contribution in [2.45, 2.75) is 45.3 Å². The van der Waals surface area contributed by atoms with Crippen LogP contribution >= 0.6 is 0 Å². The molecule has 6 heteroatoms. The predicted octanol–water partition coefficient (Wildman–Crippen LogP) is 1.75. The lowest BCUT2D eigenvalue weighted by atomic mass is 10.3. The van der Waals surface area contributed by atoms with Gasteiger partial charge in [0.1, 0.15) is 0 Å². The molecule has 1 aliphatic rings. The summed E-state index contributed by atoms with van der Waals surface area (Å²) < 4.78 is 27.5. The van der Waals surface area contributed by atoms with E-state index < -0.39 is 14.6 Å². The highest BCUT2D eigenvalue weighted by molar-refractivity contribution is 6.60. The zero-order valence-electron chi connectivity index (χ0n) is 10.7. The summed E-state index contributed by atoms with van der Waals surface area (Å²) in [6.45, 7) is 6.20. The highest BCUT2D eigenvalue weighted by Gasteiger charge is 2.46. The molecule has 1 heterocycles. The maximum Gasteiger partial charge on any atom is 0.500 e. The van der Waals surface area contributed by atoms with Crippen molar-refractivity contribution in [3.63, 3.8) is 0 Å². The number of hydrogen-bond acceptors (Lipinski definition) is 5. The molecule has 0 aromatic carbocycles. The molecule has 96 valence electrons. The maximum atomic E-state index is 5.72. The molecule has 0 saturated carbocycles. The van der Waals surface area contributed by atoms with Crippen LogP contribution in [0.25, 0.3) is 0 Å². The van der Waals surface area contributed by atoms with E-state index in [1.54, 1.807) is 14.2 Å². The smallest absolute Gasteiger partial charge is 0.377 e. The van der Waals surface area contributed by atoms with Gasteiger partial charge in [-0.2, -0.15) is 0 Å².